The van der Waals surface area contributed by atoms with Gasteiger partial charge in [0, 0.05) is 17.3 Å². The molecule has 0 radical (unpaired) electrons. The van der Waals surface area contributed by atoms with Crippen molar-refractivity contribution < 1.29 is 19.0 Å². The molecule has 0 aromatic rings. The van der Waals surface area contributed by atoms with Crippen LogP contribution in [0.2, 0.25) is 0 Å². The molecule has 0 aromatic carbocycles. The van der Waals surface area contributed by atoms with Crippen LogP contribution in [0, 0.1) is 16.7 Å². The summed E-state index contributed by atoms with van der Waals surface area (Å²) in [5.41, 5.74) is -0.635. The number of hydrogen-bond acceptors (Lipinski definition) is 5. The minimum Gasteiger partial charge on any atom is -0.469 e. The molecule has 23 heavy (non-hydrogen) atoms. The molecule has 2 saturated heterocycles. The first-order chi connectivity index (χ1) is 10.8. The van der Waals surface area contributed by atoms with Gasteiger partial charge >= 0.3 is 5.97 Å². The molecule has 0 saturated carbocycles. The van der Waals surface area contributed by atoms with Crippen LogP contribution in [0.25, 0.3) is 0 Å². The minimum absolute atomic E-state index is 0.0524. The molecule has 130 valence electrons. The first kappa shape index (κ1) is 18.9. The van der Waals surface area contributed by atoms with Crippen LogP contribution in [0.5, 0.6) is 0 Å². The average Bonchev–Trinajstić information content (AvgIpc) is 2.90. The molecule has 4 atom stereocenters. The van der Waals surface area contributed by atoms with Crippen LogP contribution in [-0.4, -0.2) is 41.4 Å². The Morgan fingerprint density at radius 3 is 2.78 bits per heavy atom. The summed E-state index contributed by atoms with van der Waals surface area (Å²) in [6.45, 7) is 3.92. The number of alkyl halides is 1. The predicted octanol–water partition coefficient (Wildman–Crippen LogP) is 3.39. The Morgan fingerprint density at radius 1 is 1.43 bits per heavy atom. The largest absolute Gasteiger partial charge is 0.469 e. The molecule has 0 N–H and O–H groups in total. The third kappa shape index (κ3) is 4.58. The van der Waals surface area contributed by atoms with Crippen molar-refractivity contribution in [2.75, 3.05) is 11.5 Å². The van der Waals surface area contributed by atoms with Crippen molar-refractivity contribution in [3.63, 3.8) is 0 Å². The molecule has 6 heteroatoms. The molecular formula is C17H26INO4. The summed E-state index contributed by atoms with van der Waals surface area (Å²) in [6.07, 6.45) is 4.79. The SMILES string of the molecule is COC(=O)CCC1C[C@]2(CI)O[C@@H](CC(C)(C)C#N)CC[C@@H]2O1. The fourth-order valence-electron chi connectivity index (χ4n) is 3.59. The van der Waals surface area contributed by atoms with Crippen molar-refractivity contribution in [2.45, 2.75) is 76.3 Å². The average molecular weight is 435 g/mol. The highest BCUT2D eigenvalue weighted by atomic mass is 127. The van der Waals surface area contributed by atoms with Gasteiger partial charge in [-0.25, -0.2) is 0 Å². The fraction of sp³-hybridized carbons (Fsp3) is 0.882. The predicted molar refractivity (Wildman–Crippen MR) is 94.3 cm³/mol. The van der Waals surface area contributed by atoms with Gasteiger partial charge in [0.1, 0.15) is 5.60 Å². The number of carbonyl (C=O) groups excluding carboxylic acids is 1. The van der Waals surface area contributed by atoms with Gasteiger partial charge in [-0.3, -0.25) is 4.79 Å². The van der Waals surface area contributed by atoms with Crippen LogP contribution in [0.3, 0.4) is 0 Å². The smallest absolute Gasteiger partial charge is 0.305 e. The molecule has 1 unspecified atom stereocenters. The third-order valence-electron chi connectivity index (χ3n) is 4.83. The molecule has 0 aliphatic carbocycles. The molecule has 0 bridgehead atoms. The summed E-state index contributed by atoms with van der Waals surface area (Å²) in [6, 6.07) is 2.36. The van der Waals surface area contributed by atoms with Gasteiger partial charge < -0.3 is 14.2 Å². The second kappa shape index (κ2) is 7.66. The number of methoxy groups -OCH3 is 1. The zero-order chi connectivity index (χ0) is 17.1. The van der Waals surface area contributed by atoms with Gasteiger partial charge in [-0.1, -0.05) is 22.6 Å². The normalized spacial score (nSPS) is 33.8. The number of rotatable bonds is 6. The number of fused-ring (bicyclic) bond motifs is 1. The summed E-state index contributed by atoms with van der Waals surface area (Å²) in [5.74, 6) is -0.193. The maximum atomic E-state index is 11.3. The van der Waals surface area contributed by atoms with Gasteiger partial charge in [0.25, 0.3) is 0 Å². The van der Waals surface area contributed by atoms with Crippen molar-refractivity contribution in [3.8, 4) is 6.07 Å². The summed E-state index contributed by atoms with van der Waals surface area (Å²) in [7, 11) is 1.41. The van der Waals surface area contributed by atoms with Crippen LogP contribution in [0.1, 0.15) is 52.4 Å². The first-order valence-electron chi connectivity index (χ1n) is 8.21. The molecular weight excluding hydrogens is 409 g/mol. The molecule has 0 aromatic heterocycles. The van der Waals surface area contributed by atoms with Crippen molar-refractivity contribution >= 4 is 28.6 Å². The van der Waals surface area contributed by atoms with E-state index < -0.39 is 0 Å². The molecule has 5 nitrogen and oxygen atoms in total. The number of nitriles is 1. The van der Waals surface area contributed by atoms with Crippen molar-refractivity contribution in [2.24, 2.45) is 5.41 Å². The number of esters is 1. The van der Waals surface area contributed by atoms with E-state index in [9.17, 15) is 10.1 Å². The minimum atomic E-state index is -0.367. The molecule has 2 aliphatic rings. The Morgan fingerprint density at radius 2 is 2.17 bits per heavy atom. The fourth-order valence-corrected chi connectivity index (χ4v) is 4.57. The maximum absolute atomic E-state index is 11.3. The highest BCUT2D eigenvalue weighted by Crippen LogP contribution is 2.45. The lowest BCUT2D eigenvalue weighted by atomic mass is 9.82. The molecule has 2 aliphatic heterocycles. The van der Waals surface area contributed by atoms with Crippen LogP contribution in [0.15, 0.2) is 0 Å². The van der Waals surface area contributed by atoms with E-state index in [1.54, 1.807) is 0 Å². The molecule has 2 heterocycles. The zero-order valence-corrected chi connectivity index (χ0v) is 16.3. The Balaban J connectivity index is 1.97. The quantitative estimate of drug-likeness (QED) is 0.364. The lowest BCUT2D eigenvalue weighted by molar-refractivity contribution is -0.158. The summed E-state index contributed by atoms with van der Waals surface area (Å²) < 4.78 is 18.2. The zero-order valence-electron chi connectivity index (χ0n) is 14.1. The lowest BCUT2D eigenvalue weighted by Gasteiger charge is -2.42. The molecule has 0 amide bonds. The van der Waals surface area contributed by atoms with Gasteiger partial charge in [-0.15, -0.1) is 0 Å². The first-order valence-corrected chi connectivity index (χ1v) is 9.74. The topological polar surface area (TPSA) is 68.5 Å². The van der Waals surface area contributed by atoms with Crippen molar-refractivity contribution in [1.29, 1.82) is 5.26 Å². The number of ether oxygens (including phenoxy) is 3. The molecule has 0 spiro atoms. The Hall–Kier alpha value is -0.390. The van der Waals surface area contributed by atoms with E-state index in [0.717, 1.165) is 30.1 Å². The highest BCUT2D eigenvalue weighted by molar-refractivity contribution is 14.1. The van der Waals surface area contributed by atoms with Crippen LogP contribution < -0.4 is 0 Å². The van der Waals surface area contributed by atoms with Gasteiger partial charge in [0.15, 0.2) is 0 Å². The second-order valence-electron chi connectivity index (χ2n) is 7.28. The van der Waals surface area contributed by atoms with E-state index in [0.29, 0.717) is 12.8 Å². The standard InChI is InChI=1S/C17H26INO4/c1-16(2,11-19)8-13-4-6-14-17(10-18,23-13)9-12(22-14)5-7-15(20)21-3/h12-14H,4-10H2,1-3H3/t12?,13-,14+,17-/m1/s1. The summed E-state index contributed by atoms with van der Waals surface area (Å²) in [5, 5.41) is 9.25. The number of carbonyl (C=O) groups is 1. The van der Waals surface area contributed by atoms with Crippen molar-refractivity contribution in [3.05, 3.63) is 0 Å². The third-order valence-corrected chi connectivity index (χ3v) is 6.13. The van der Waals surface area contributed by atoms with Gasteiger partial charge in [-0.2, -0.15) is 5.26 Å². The summed E-state index contributed by atoms with van der Waals surface area (Å²) in [4.78, 5) is 11.3. The number of hydrogen-bond donors (Lipinski definition) is 0. The number of halogens is 1. The second-order valence-corrected chi connectivity index (χ2v) is 8.04. The van der Waals surface area contributed by atoms with Gasteiger partial charge in [0.05, 0.1) is 36.9 Å². The van der Waals surface area contributed by atoms with E-state index in [4.69, 9.17) is 14.2 Å². The van der Waals surface area contributed by atoms with E-state index in [-0.39, 0.29) is 35.3 Å². The Labute approximate surface area is 152 Å². The maximum Gasteiger partial charge on any atom is 0.305 e. The van der Waals surface area contributed by atoms with Gasteiger partial charge in [0.2, 0.25) is 0 Å². The monoisotopic (exact) mass is 435 g/mol. The van der Waals surface area contributed by atoms with Crippen LogP contribution in [0.4, 0.5) is 0 Å². The highest BCUT2D eigenvalue weighted by Gasteiger charge is 2.52. The number of nitrogens with zero attached hydrogens (tertiary/aromatic N) is 1. The molecule has 2 fully saturated rings. The Bertz CT molecular complexity index is 476. The van der Waals surface area contributed by atoms with Crippen LogP contribution >= 0.6 is 22.6 Å². The van der Waals surface area contributed by atoms with E-state index in [2.05, 4.69) is 28.7 Å². The molecule has 2 rings (SSSR count). The van der Waals surface area contributed by atoms with Gasteiger partial charge in [-0.05, 0) is 39.5 Å². The van der Waals surface area contributed by atoms with E-state index in [1.165, 1.54) is 7.11 Å². The van der Waals surface area contributed by atoms with E-state index >= 15 is 0 Å². The Kier molecular flexibility index (Phi) is 6.31. The van der Waals surface area contributed by atoms with Crippen molar-refractivity contribution in [1.82, 2.24) is 0 Å². The summed E-state index contributed by atoms with van der Waals surface area (Å²) >= 11 is 2.37. The lowest BCUT2D eigenvalue weighted by Crippen LogP contribution is -2.50. The van der Waals surface area contributed by atoms with Crippen LogP contribution in [-0.2, 0) is 19.0 Å². The van der Waals surface area contributed by atoms with E-state index in [1.807, 2.05) is 13.8 Å².